The molecule has 1 saturated carbocycles. The maximum Gasteiger partial charge on any atom is 0.302 e. The number of benzene rings is 2. The zero-order valence-corrected chi connectivity index (χ0v) is 20.0. The summed E-state index contributed by atoms with van der Waals surface area (Å²) in [6.45, 7) is 7.75. The molecule has 0 aromatic heterocycles. The zero-order valence-electron chi connectivity index (χ0n) is 20.0. The molecule has 0 spiro atoms. The van der Waals surface area contributed by atoms with Crippen LogP contribution in [-0.2, 0) is 14.9 Å². The fourth-order valence-corrected chi connectivity index (χ4v) is 5.98. The van der Waals surface area contributed by atoms with Crippen LogP contribution in [0.25, 0.3) is 0 Å². The van der Waals surface area contributed by atoms with Crippen LogP contribution in [0.1, 0.15) is 42.1 Å². The number of ether oxygens (including phenoxy) is 1. The fourth-order valence-electron chi connectivity index (χ4n) is 5.98. The second-order valence-corrected chi connectivity index (χ2v) is 9.63. The van der Waals surface area contributed by atoms with Crippen LogP contribution in [0.15, 0.2) is 67.3 Å². The summed E-state index contributed by atoms with van der Waals surface area (Å²) in [6, 6.07) is 16.6. The average Bonchev–Trinajstić information content (AvgIpc) is 2.83. The number of phenols is 1. The normalized spacial score (nSPS) is 26.8. The second kappa shape index (κ2) is 10.0. The Hall–Kier alpha value is -3.12. The van der Waals surface area contributed by atoms with Gasteiger partial charge in [0.25, 0.3) is 5.91 Å². The van der Waals surface area contributed by atoms with Gasteiger partial charge in [0.2, 0.25) is 0 Å². The molecule has 2 aromatic carbocycles. The highest BCUT2D eigenvalue weighted by atomic mass is 16.5. The van der Waals surface area contributed by atoms with Gasteiger partial charge in [-0.1, -0.05) is 36.4 Å². The Kier molecular flexibility index (Phi) is 7.08. The number of esters is 1. The first-order chi connectivity index (χ1) is 16.3. The van der Waals surface area contributed by atoms with E-state index >= 15 is 0 Å². The predicted octanol–water partition coefficient (Wildman–Crippen LogP) is 4.00. The highest BCUT2D eigenvalue weighted by molar-refractivity contribution is 5.94. The van der Waals surface area contributed by atoms with Crippen molar-refractivity contribution >= 4 is 11.9 Å². The van der Waals surface area contributed by atoms with Crippen molar-refractivity contribution in [2.45, 2.75) is 43.7 Å². The van der Waals surface area contributed by atoms with Crippen LogP contribution in [0.2, 0.25) is 0 Å². The minimum Gasteiger partial charge on any atom is -0.508 e. The number of hydrogen-bond acceptors (Lipinski definition) is 5. The van der Waals surface area contributed by atoms with Gasteiger partial charge in [-0.15, -0.1) is 6.58 Å². The van der Waals surface area contributed by atoms with E-state index < -0.39 is 0 Å². The van der Waals surface area contributed by atoms with Crippen molar-refractivity contribution in [1.82, 2.24) is 9.80 Å². The number of carbonyl (C=O) groups excluding carboxylic acids is 2. The lowest BCUT2D eigenvalue weighted by Crippen LogP contribution is -2.61. The number of hydrogen-bond donors (Lipinski definition) is 1. The SMILES string of the molecule is C=CCN1CC[C@@]2(c3cccc(O)c3)C[C@H](N(C)C(=O)c3ccccc3)CC(OC(C)=O)[C@@H]2C1. The highest BCUT2D eigenvalue weighted by Gasteiger charge is 2.54. The molecular formula is C28H34N2O4. The van der Waals surface area contributed by atoms with E-state index in [0.29, 0.717) is 12.0 Å². The first-order valence-corrected chi connectivity index (χ1v) is 12.0. The molecule has 180 valence electrons. The smallest absolute Gasteiger partial charge is 0.302 e. The molecule has 1 aliphatic carbocycles. The molecule has 1 unspecified atom stereocenters. The molecule has 34 heavy (non-hydrogen) atoms. The Balaban J connectivity index is 1.74. The minimum absolute atomic E-state index is 0.0409. The molecule has 1 saturated heterocycles. The minimum atomic E-state index is -0.336. The number of fused-ring (bicyclic) bond motifs is 1. The van der Waals surface area contributed by atoms with Crippen molar-refractivity contribution in [1.29, 1.82) is 0 Å². The first kappa shape index (κ1) is 24.0. The molecule has 1 amide bonds. The van der Waals surface area contributed by atoms with Gasteiger partial charge in [0, 0.05) is 56.4 Å². The molecule has 6 nitrogen and oxygen atoms in total. The lowest BCUT2D eigenvalue weighted by atomic mass is 9.56. The van der Waals surface area contributed by atoms with Crippen molar-refractivity contribution in [3.63, 3.8) is 0 Å². The van der Waals surface area contributed by atoms with Gasteiger partial charge in [-0.3, -0.25) is 14.5 Å². The maximum absolute atomic E-state index is 13.3. The van der Waals surface area contributed by atoms with E-state index in [2.05, 4.69) is 17.5 Å². The first-order valence-electron chi connectivity index (χ1n) is 12.0. The van der Waals surface area contributed by atoms with Crippen LogP contribution < -0.4 is 0 Å². The van der Waals surface area contributed by atoms with E-state index in [9.17, 15) is 14.7 Å². The molecule has 2 aliphatic rings. The van der Waals surface area contributed by atoms with E-state index in [4.69, 9.17) is 4.74 Å². The van der Waals surface area contributed by atoms with Gasteiger partial charge in [-0.25, -0.2) is 0 Å². The maximum atomic E-state index is 13.3. The van der Waals surface area contributed by atoms with Crippen LogP contribution >= 0.6 is 0 Å². The Morgan fingerprint density at radius 2 is 2.00 bits per heavy atom. The van der Waals surface area contributed by atoms with E-state index in [1.807, 2.05) is 60.5 Å². The topological polar surface area (TPSA) is 70.1 Å². The van der Waals surface area contributed by atoms with Crippen molar-refractivity contribution in [2.75, 3.05) is 26.7 Å². The van der Waals surface area contributed by atoms with Crippen LogP contribution in [0.4, 0.5) is 0 Å². The van der Waals surface area contributed by atoms with Crippen molar-refractivity contribution in [2.24, 2.45) is 5.92 Å². The largest absolute Gasteiger partial charge is 0.508 e. The van der Waals surface area contributed by atoms with E-state index in [1.54, 1.807) is 6.07 Å². The van der Waals surface area contributed by atoms with Gasteiger partial charge in [0.15, 0.2) is 0 Å². The summed E-state index contributed by atoms with van der Waals surface area (Å²) in [6.07, 6.45) is 3.74. The number of amides is 1. The van der Waals surface area contributed by atoms with Crippen molar-refractivity contribution in [3.05, 3.63) is 78.4 Å². The summed E-state index contributed by atoms with van der Waals surface area (Å²) in [4.78, 5) is 29.6. The number of phenolic OH excluding ortho intramolecular Hbond substituents is 1. The molecule has 1 heterocycles. The standard InChI is InChI=1S/C28H34N2O4/c1-4-14-30-15-13-28(22-11-8-12-24(32)16-22)18-23(17-26(25(28)19-30)34-20(2)31)29(3)27(33)21-9-6-5-7-10-21/h4-12,16,23,25-26,32H,1,13-15,17-19H2,2-3H3/t23-,25+,26?,28+/m1/s1. The Morgan fingerprint density at radius 1 is 1.24 bits per heavy atom. The molecule has 4 rings (SSSR count). The monoisotopic (exact) mass is 462 g/mol. The number of rotatable bonds is 6. The third-order valence-corrected chi connectivity index (χ3v) is 7.61. The summed E-state index contributed by atoms with van der Waals surface area (Å²) in [5, 5.41) is 10.3. The molecule has 4 atom stereocenters. The highest BCUT2D eigenvalue weighted by Crippen LogP contribution is 2.51. The van der Waals surface area contributed by atoms with Crippen LogP contribution in [0, 0.1) is 5.92 Å². The van der Waals surface area contributed by atoms with Crippen LogP contribution in [-0.4, -0.2) is 65.6 Å². The number of likely N-dealkylation sites (tertiary alicyclic amines) is 1. The number of aromatic hydroxyl groups is 1. The quantitative estimate of drug-likeness (QED) is 0.519. The van der Waals surface area contributed by atoms with Gasteiger partial charge < -0.3 is 14.7 Å². The summed E-state index contributed by atoms with van der Waals surface area (Å²) in [5.74, 6) is -0.0866. The summed E-state index contributed by atoms with van der Waals surface area (Å²) >= 11 is 0. The Labute approximate surface area is 201 Å². The fraction of sp³-hybridized carbons (Fsp3) is 0.429. The van der Waals surface area contributed by atoms with Crippen LogP contribution in [0.5, 0.6) is 5.75 Å². The molecule has 2 aromatic rings. The number of nitrogens with zero attached hydrogens (tertiary/aromatic N) is 2. The third kappa shape index (κ3) is 4.73. The van der Waals surface area contributed by atoms with E-state index in [1.165, 1.54) is 6.92 Å². The lowest BCUT2D eigenvalue weighted by Gasteiger charge is -2.56. The number of carbonyl (C=O) groups is 2. The van der Waals surface area contributed by atoms with Gasteiger partial charge >= 0.3 is 5.97 Å². The summed E-state index contributed by atoms with van der Waals surface area (Å²) in [5.41, 5.74) is 1.35. The predicted molar refractivity (Wildman–Crippen MR) is 132 cm³/mol. The molecular weight excluding hydrogens is 428 g/mol. The number of piperidine rings is 1. The van der Waals surface area contributed by atoms with Gasteiger partial charge in [-0.05, 0) is 49.2 Å². The van der Waals surface area contributed by atoms with Gasteiger partial charge in [-0.2, -0.15) is 0 Å². The van der Waals surface area contributed by atoms with Crippen molar-refractivity contribution in [3.8, 4) is 5.75 Å². The molecule has 0 bridgehead atoms. The van der Waals surface area contributed by atoms with Crippen LogP contribution in [0.3, 0.4) is 0 Å². The molecule has 0 radical (unpaired) electrons. The summed E-state index contributed by atoms with van der Waals surface area (Å²) < 4.78 is 5.94. The van der Waals surface area contributed by atoms with Gasteiger partial charge in [0.1, 0.15) is 11.9 Å². The Morgan fingerprint density at radius 3 is 2.68 bits per heavy atom. The van der Waals surface area contributed by atoms with Crippen molar-refractivity contribution < 1.29 is 19.4 Å². The zero-order chi connectivity index (χ0) is 24.3. The molecule has 1 N–H and O–H groups in total. The molecule has 1 aliphatic heterocycles. The van der Waals surface area contributed by atoms with E-state index in [0.717, 1.165) is 38.0 Å². The average molecular weight is 463 g/mol. The third-order valence-electron chi connectivity index (χ3n) is 7.61. The summed E-state index contributed by atoms with van der Waals surface area (Å²) in [7, 11) is 1.84. The van der Waals surface area contributed by atoms with E-state index in [-0.39, 0.29) is 41.1 Å². The lowest BCUT2D eigenvalue weighted by molar-refractivity contribution is -0.158. The molecule has 2 fully saturated rings. The Bertz CT molecular complexity index is 1040. The molecule has 6 heteroatoms. The second-order valence-electron chi connectivity index (χ2n) is 9.63. The van der Waals surface area contributed by atoms with Gasteiger partial charge in [0.05, 0.1) is 0 Å².